The van der Waals surface area contributed by atoms with Crippen molar-refractivity contribution in [2.24, 2.45) is 0 Å². The molecular weight excluding hydrogens is 326 g/mol. The number of nitrogens with zero attached hydrogens (tertiary/aromatic N) is 3. The number of urea groups is 1. The first-order valence-corrected chi connectivity index (χ1v) is 9.51. The van der Waals surface area contributed by atoms with Gasteiger partial charge in [0, 0.05) is 12.0 Å². The van der Waals surface area contributed by atoms with Gasteiger partial charge in [-0.3, -0.25) is 5.10 Å². The van der Waals surface area contributed by atoms with Crippen molar-refractivity contribution in [3.63, 3.8) is 0 Å². The fourth-order valence-electron chi connectivity index (χ4n) is 4.18. The average Bonchev–Trinajstić information content (AvgIpc) is 3.36. The third kappa shape index (κ3) is 2.89. The lowest BCUT2D eigenvalue weighted by molar-refractivity contribution is 0.179. The highest BCUT2D eigenvalue weighted by atomic mass is 16.2. The van der Waals surface area contributed by atoms with Crippen molar-refractivity contribution in [2.45, 2.75) is 56.7 Å². The number of nitrogens with one attached hydrogen (secondary N) is 2. The maximum atomic E-state index is 12.8. The Balaban J connectivity index is 1.25. The molecule has 1 aromatic carbocycles. The van der Waals surface area contributed by atoms with E-state index in [1.165, 1.54) is 24.0 Å². The SMILES string of the molecule is O=C(NCc1nc(C2CC2)n[nH]1)N1C2C=C(c3ccccc3)CC1CC2. The van der Waals surface area contributed by atoms with Gasteiger partial charge < -0.3 is 10.2 Å². The van der Waals surface area contributed by atoms with E-state index in [1.54, 1.807) is 0 Å². The van der Waals surface area contributed by atoms with Crippen molar-refractivity contribution >= 4 is 11.6 Å². The monoisotopic (exact) mass is 349 g/mol. The zero-order valence-corrected chi connectivity index (χ0v) is 14.7. The molecule has 0 radical (unpaired) electrons. The molecule has 3 aliphatic rings. The largest absolute Gasteiger partial charge is 0.331 e. The van der Waals surface area contributed by atoms with Crippen LogP contribution in [0.1, 0.15) is 55.2 Å². The number of rotatable bonds is 4. The summed E-state index contributed by atoms with van der Waals surface area (Å²) < 4.78 is 0. The average molecular weight is 349 g/mol. The molecule has 134 valence electrons. The Morgan fingerprint density at radius 3 is 2.81 bits per heavy atom. The van der Waals surface area contributed by atoms with Crippen LogP contribution in [0.3, 0.4) is 0 Å². The van der Waals surface area contributed by atoms with E-state index in [1.807, 2.05) is 11.0 Å². The van der Waals surface area contributed by atoms with Crippen molar-refractivity contribution in [3.8, 4) is 0 Å². The van der Waals surface area contributed by atoms with Gasteiger partial charge in [0.25, 0.3) is 0 Å². The third-order valence-electron chi connectivity index (χ3n) is 5.67. The fraction of sp³-hybridized carbons (Fsp3) is 0.450. The maximum absolute atomic E-state index is 12.8. The second-order valence-electron chi connectivity index (χ2n) is 7.54. The number of benzene rings is 1. The Morgan fingerprint density at radius 1 is 1.19 bits per heavy atom. The number of hydrogen-bond acceptors (Lipinski definition) is 3. The quantitative estimate of drug-likeness (QED) is 0.890. The molecule has 5 rings (SSSR count). The van der Waals surface area contributed by atoms with Crippen LogP contribution in [0.2, 0.25) is 0 Å². The van der Waals surface area contributed by atoms with Gasteiger partial charge in [-0.25, -0.2) is 9.78 Å². The summed E-state index contributed by atoms with van der Waals surface area (Å²) in [5.74, 6) is 2.16. The summed E-state index contributed by atoms with van der Waals surface area (Å²) in [6.45, 7) is 0.406. The highest BCUT2D eigenvalue weighted by Gasteiger charge is 2.39. The minimum Gasteiger partial charge on any atom is -0.331 e. The molecule has 2 aliphatic heterocycles. The van der Waals surface area contributed by atoms with Gasteiger partial charge in [-0.1, -0.05) is 36.4 Å². The summed E-state index contributed by atoms with van der Waals surface area (Å²) in [7, 11) is 0. The molecule has 2 amide bonds. The van der Waals surface area contributed by atoms with Crippen LogP contribution >= 0.6 is 0 Å². The molecule has 1 aromatic heterocycles. The van der Waals surface area contributed by atoms with Gasteiger partial charge >= 0.3 is 6.03 Å². The van der Waals surface area contributed by atoms with Crippen LogP contribution < -0.4 is 5.32 Å². The van der Waals surface area contributed by atoms with Gasteiger partial charge in [-0.05, 0) is 43.2 Å². The predicted molar refractivity (Wildman–Crippen MR) is 98.3 cm³/mol. The summed E-state index contributed by atoms with van der Waals surface area (Å²) in [5, 5.41) is 10.2. The van der Waals surface area contributed by atoms with Crippen LogP contribution in [0, 0.1) is 0 Å². The van der Waals surface area contributed by atoms with Gasteiger partial charge in [0.1, 0.15) is 5.82 Å². The standard InChI is InChI=1S/C20H23N5O/c26-20(21-12-18-22-19(24-23-18)14-6-7-14)25-16-8-9-17(25)11-15(10-16)13-4-2-1-3-5-13/h1-5,10,14,16-17H,6-9,11-12H2,(H,21,26)(H,22,23,24). The smallest absolute Gasteiger partial charge is 0.318 e. The van der Waals surface area contributed by atoms with E-state index in [4.69, 9.17) is 0 Å². The van der Waals surface area contributed by atoms with Gasteiger partial charge in [-0.2, -0.15) is 5.10 Å². The molecule has 2 atom stereocenters. The van der Waals surface area contributed by atoms with Crippen molar-refractivity contribution in [3.05, 3.63) is 53.6 Å². The number of fused-ring (bicyclic) bond motifs is 2. The first kappa shape index (κ1) is 15.6. The van der Waals surface area contributed by atoms with Crippen LogP contribution in [0.5, 0.6) is 0 Å². The number of carbonyl (C=O) groups is 1. The maximum Gasteiger partial charge on any atom is 0.318 e. The normalized spacial score (nSPS) is 24.5. The van der Waals surface area contributed by atoms with Gasteiger partial charge in [0.2, 0.25) is 0 Å². The number of aromatic amines is 1. The van der Waals surface area contributed by atoms with Gasteiger partial charge in [-0.15, -0.1) is 0 Å². The van der Waals surface area contributed by atoms with Crippen molar-refractivity contribution < 1.29 is 4.79 Å². The zero-order chi connectivity index (χ0) is 17.5. The Labute approximate surface area is 152 Å². The van der Waals surface area contributed by atoms with Crippen LogP contribution in [0.15, 0.2) is 36.4 Å². The predicted octanol–water partition coefficient (Wildman–Crippen LogP) is 3.21. The second-order valence-corrected chi connectivity index (χ2v) is 7.54. The molecule has 0 spiro atoms. The Morgan fingerprint density at radius 2 is 2.04 bits per heavy atom. The Hall–Kier alpha value is -2.63. The van der Waals surface area contributed by atoms with Crippen molar-refractivity contribution in [1.82, 2.24) is 25.4 Å². The molecule has 3 heterocycles. The lowest BCUT2D eigenvalue weighted by atomic mass is 9.95. The van der Waals surface area contributed by atoms with Crippen LogP contribution in [0.25, 0.3) is 5.57 Å². The second kappa shape index (κ2) is 6.27. The molecule has 26 heavy (non-hydrogen) atoms. The van der Waals surface area contributed by atoms with E-state index >= 15 is 0 Å². The van der Waals surface area contributed by atoms with E-state index < -0.39 is 0 Å². The summed E-state index contributed by atoms with van der Waals surface area (Å²) in [6.07, 6.45) is 7.68. The molecule has 6 nitrogen and oxygen atoms in total. The van der Waals surface area contributed by atoms with Crippen molar-refractivity contribution in [1.29, 1.82) is 0 Å². The van der Waals surface area contributed by atoms with Crippen LogP contribution in [-0.2, 0) is 6.54 Å². The Bertz CT molecular complexity index is 839. The molecule has 1 saturated carbocycles. The van der Waals surface area contributed by atoms with E-state index in [0.717, 1.165) is 30.9 Å². The number of carbonyl (C=O) groups excluding carboxylic acids is 1. The van der Waals surface area contributed by atoms with Crippen LogP contribution in [-0.4, -0.2) is 38.2 Å². The molecule has 6 heteroatoms. The number of hydrogen-bond donors (Lipinski definition) is 2. The van der Waals surface area contributed by atoms with Crippen molar-refractivity contribution in [2.75, 3.05) is 0 Å². The topological polar surface area (TPSA) is 73.9 Å². The molecule has 1 saturated heterocycles. The minimum absolute atomic E-state index is 0.00485. The first-order chi connectivity index (χ1) is 12.8. The van der Waals surface area contributed by atoms with Crippen LogP contribution in [0.4, 0.5) is 4.79 Å². The zero-order valence-electron chi connectivity index (χ0n) is 14.7. The number of aromatic nitrogens is 3. The molecule has 2 fully saturated rings. The summed E-state index contributed by atoms with van der Waals surface area (Å²) in [6, 6.07) is 11.0. The molecule has 2 N–H and O–H groups in total. The molecule has 2 aromatic rings. The summed E-state index contributed by atoms with van der Waals surface area (Å²) in [5.41, 5.74) is 2.64. The van der Waals surface area contributed by atoms with E-state index in [2.05, 4.69) is 50.8 Å². The fourth-order valence-corrected chi connectivity index (χ4v) is 4.18. The summed E-state index contributed by atoms with van der Waals surface area (Å²) >= 11 is 0. The van der Waals surface area contributed by atoms with E-state index in [-0.39, 0.29) is 18.1 Å². The molecule has 2 unspecified atom stereocenters. The van der Waals surface area contributed by atoms with E-state index in [9.17, 15) is 4.79 Å². The highest BCUT2D eigenvalue weighted by Crippen LogP contribution is 2.39. The minimum atomic E-state index is 0.00485. The number of amides is 2. The Kier molecular flexibility index (Phi) is 3.76. The third-order valence-corrected chi connectivity index (χ3v) is 5.67. The lowest BCUT2D eigenvalue weighted by Crippen LogP contribution is -2.48. The highest BCUT2D eigenvalue weighted by molar-refractivity contribution is 5.78. The molecular formula is C20H23N5O. The van der Waals surface area contributed by atoms with E-state index in [0.29, 0.717) is 12.5 Å². The lowest BCUT2D eigenvalue weighted by Gasteiger charge is -2.34. The number of H-pyrrole nitrogens is 1. The first-order valence-electron chi connectivity index (χ1n) is 9.51. The molecule has 2 bridgehead atoms. The van der Waals surface area contributed by atoms with Gasteiger partial charge in [0.15, 0.2) is 5.82 Å². The summed E-state index contributed by atoms with van der Waals surface area (Å²) in [4.78, 5) is 19.3. The van der Waals surface area contributed by atoms with Gasteiger partial charge in [0.05, 0.1) is 12.6 Å². The molecule has 1 aliphatic carbocycles.